The van der Waals surface area contributed by atoms with Gasteiger partial charge in [0, 0.05) is 21.9 Å². The van der Waals surface area contributed by atoms with Crippen LogP contribution in [0.2, 0.25) is 0 Å². The molecular weight excluding hydrogens is 448 g/mol. The van der Waals surface area contributed by atoms with Crippen LogP contribution in [-0.2, 0) is 0 Å². The lowest BCUT2D eigenvalue weighted by molar-refractivity contribution is 0.671. The Hall–Kier alpha value is -4.88. The third-order valence-electron chi connectivity index (χ3n) is 7.66. The number of hydrogen-bond donors (Lipinski definition) is 0. The van der Waals surface area contributed by atoms with Gasteiger partial charge in [0.2, 0.25) is 0 Å². The highest BCUT2D eigenvalue weighted by molar-refractivity contribution is 6.26. The Bertz CT molecular complexity index is 2100. The van der Waals surface area contributed by atoms with Crippen molar-refractivity contribution >= 4 is 54.3 Å². The summed E-state index contributed by atoms with van der Waals surface area (Å²) in [6, 6.07) is 47.7. The average molecular weight is 471 g/mol. The molecule has 0 N–H and O–H groups in total. The van der Waals surface area contributed by atoms with E-state index in [1.807, 2.05) is 6.07 Å². The minimum Gasteiger partial charge on any atom is -0.455 e. The third kappa shape index (κ3) is 2.98. The van der Waals surface area contributed by atoms with E-state index in [9.17, 15) is 0 Å². The van der Waals surface area contributed by atoms with E-state index in [2.05, 4.69) is 127 Å². The second-order valence-electron chi connectivity index (χ2n) is 9.68. The van der Waals surface area contributed by atoms with Crippen LogP contribution in [-0.4, -0.2) is 0 Å². The minimum atomic E-state index is 0.935. The van der Waals surface area contributed by atoms with Gasteiger partial charge >= 0.3 is 0 Å². The first-order valence-corrected chi connectivity index (χ1v) is 12.7. The Morgan fingerprint density at radius 1 is 0.297 bits per heavy atom. The first-order chi connectivity index (χ1) is 18.4. The van der Waals surface area contributed by atoms with E-state index in [1.165, 1.54) is 37.9 Å². The molecule has 8 rings (SSSR count). The van der Waals surface area contributed by atoms with Gasteiger partial charge < -0.3 is 4.42 Å². The van der Waals surface area contributed by atoms with Crippen molar-refractivity contribution < 1.29 is 4.42 Å². The fraction of sp³-hybridized carbons (Fsp3) is 0. The Kier molecular flexibility index (Phi) is 4.29. The molecule has 0 radical (unpaired) electrons. The molecular formula is C36H22O. The Morgan fingerprint density at radius 2 is 0.757 bits per heavy atom. The van der Waals surface area contributed by atoms with Crippen LogP contribution in [0.15, 0.2) is 138 Å². The predicted molar refractivity (Wildman–Crippen MR) is 157 cm³/mol. The van der Waals surface area contributed by atoms with Gasteiger partial charge in [-0.2, -0.15) is 0 Å². The highest BCUT2D eigenvalue weighted by Gasteiger charge is 2.16. The standard InChI is InChI=1S/C36H22O/c1-2-10-23(11-3-1)25-16-8-18-32-33-19-9-17-26(36(33)37-35(25)32)24-20-21-31-29-14-5-4-12-27(29)28-13-6-7-15-30(28)34(31)22-24/h1-22H. The molecule has 1 heterocycles. The maximum Gasteiger partial charge on any atom is 0.143 e. The molecule has 0 saturated carbocycles. The Balaban J connectivity index is 1.43. The summed E-state index contributed by atoms with van der Waals surface area (Å²) in [5.74, 6) is 0. The van der Waals surface area contributed by atoms with E-state index in [1.54, 1.807) is 0 Å². The average Bonchev–Trinajstić information content (AvgIpc) is 3.37. The highest BCUT2D eigenvalue weighted by atomic mass is 16.3. The number of fused-ring (bicyclic) bond motifs is 9. The molecule has 1 nitrogen and oxygen atoms in total. The molecule has 0 aliphatic heterocycles. The van der Waals surface area contributed by atoms with Gasteiger partial charge in [-0.3, -0.25) is 0 Å². The monoisotopic (exact) mass is 470 g/mol. The lowest BCUT2D eigenvalue weighted by Gasteiger charge is -2.12. The quantitative estimate of drug-likeness (QED) is 0.229. The summed E-state index contributed by atoms with van der Waals surface area (Å²) in [6.45, 7) is 0. The molecule has 0 aliphatic carbocycles. The number of benzene rings is 7. The summed E-state index contributed by atoms with van der Waals surface area (Å²) in [7, 11) is 0. The molecule has 1 aromatic heterocycles. The minimum absolute atomic E-state index is 0.935. The van der Waals surface area contributed by atoms with Gasteiger partial charge in [0.15, 0.2) is 0 Å². The smallest absolute Gasteiger partial charge is 0.143 e. The Labute approximate surface area is 214 Å². The van der Waals surface area contributed by atoms with E-state index in [0.717, 1.165) is 38.6 Å². The molecule has 0 amide bonds. The van der Waals surface area contributed by atoms with E-state index >= 15 is 0 Å². The number of furan rings is 1. The van der Waals surface area contributed by atoms with Crippen molar-refractivity contribution in [2.24, 2.45) is 0 Å². The number of para-hydroxylation sites is 2. The summed E-state index contributed by atoms with van der Waals surface area (Å²) >= 11 is 0. The molecule has 0 fully saturated rings. The highest BCUT2D eigenvalue weighted by Crippen LogP contribution is 2.42. The van der Waals surface area contributed by atoms with Gasteiger partial charge in [-0.15, -0.1) is 0 Å². The second-order valence-corrected chi connectivity index (χ2v) is 9.68. The first kappa shape index (κ1) is 20.3. The molecule has 1 heteroatoms. The molecule has 7 aromatic carbocycles. The fourth-order valence-electron chi connectivity index (χ4n) is 5.97. The van der Waals surface area contributed by atoms with Gasteiger partial charge in [-0.1, -0.05) is 127 Å². The summed E-state index contributed by atoms with van der Waals surface area (Å²) < 4.78 is 6.69. The van der Waals surface area contributed by atoms with Crippen molar-refractivity contribution in [3.05, 3.63) is 133 Å². The molecule has 0 atom stereocenters. The van der Waals surface area contributed by atoms with E-state index < -0.39 is 0 Å². The van der Waals surface area contributed by atoms with Crippen LogP contribution in [0.1, 0.15) is 0 Å². The zero-order valence-corrected chi connectivity index (χ0v) is 20.1. The second kappa shape index (κ2) is 7.81. The number of hydrogen-bond acceptors (Lipinski definition) is 1. The topological polar surface area (TPSA) is 13.1 Å². The van der Waals surface area contributed by atoms with Crippen LogP contribution in [0.25, 0.3) is 76.5 Å². The van der Waals surface area contributed by atoms with Gasteiger partial charge in [0.05, 0.1) is 0 Å². The van der Waals surface area contributed by atoms with Crippen molar-refractivity contribution in [1.82, 2.24) is 0 Å². The van der Waals surface area contributed by atoms with Crippen molar-refractivity contribution in [3.8, 4) is 22.3 Å². The first-order valence-electron chi connectivity index (χ1n) is 12.7. The number of rotatable bonds is 2. The van der Waals surface area contributed by atoms with Crippen molar-refractivity contribution in [2.45, 2.75) is 0 Å². The maximum absolute atomic E-state index is 6.69. The van der Waals surface area contributed by atoms with Gasteiger partial charge in [0.1, 0.15) is 11.2 Å². The SMILES string of the molecule is c1ccc(-c2cccc3c2oc2c(-c4ccc5c6ccccc6c6ccccc6c5c4)cccc23)cc1. The van der Waals surface area contributed by atoms with Crippen LogP contribution in [0.4, 0.5) is 0 Å². The Morgan fingerprint density at radius 3 is 1.35 bits per heavy atom. The van der Waals surface area contributed by atoms with Gasteiger partial charge in [-0.05, 0) is 49.5 Å². The predicted octanol–water partition coefficient (Wildman–Crippen LogP) is 10.4. The summed E-state index contributed by atoms with van der Waals surface area (Å²) in [6.07, 6.45) is 0. The van der Waals surface area contributed by atoms with Crippen molar-refractivity contribution in [3.63, 3.8) is 0 Å². The normalized spacial score (nSPS) is 11.8. The molecule has 172 valence electrons. The van der Waals surface area contributed by atoms with Crippen LogP contribution in [0.3, 0.4) is 0 Å². The summed E-state index contributed by atoms with van der Waals surface area (Å²) in [4.78, 5) is 0. The van der Waals surface area contributed by atoms with E-state index in [4.69, 9.17) is 4.42 Å². The molecule has 0 saturated heterocycles. The molecule has 0 unspecified atom stereocenters. The molecule has 8 aromatic rings. The zero-order valence-electron chi connectivity index (χ0n) is 20.1. The lowest BCUT2D eigenvalue weighted by atomic mass is 9.92. The van der Waals surface area contributed by atoms with Crippen molar-refractivity contribution in [1.29, 1.82) is 0 Å². The lowest BCUT2D eigenvalue weighted by Crippen LogP contribution is -1.85. The molecule has 0 bridgehead atoms. The van der Waals surface area contributed by atoms with Crippen LogP contribution >= 0.6 is 0 Å². The fourth-order valence-corrected chi connectivity index (χ4v) is 5.97. The summed E-state index contributed by atoms with van der Waals surface area (Å²) in [5.41, 5.74) is 6.44. The van der Waals surface area contributed by atoms with Gasteiger partial charge in [-0.25, -0.2) is 0 Å². The van der Waals surface area contributed by atoms with Crippen LogP contribution in [0, 0.1) is 0 Å². The van der Waals surface area contributed by atoms with Crippen LogP contribution < -0.4 is 0 Å². The molecule has 37 heavy (non-hydrogen) atoms. The summed E-state index contributed by atoms with van der Waals surface area (Å²) in [5, 5.41) is 10.00. The van der Waals surface area contributed by atoms with E-state index in [0.29, 0.717) is 0 Å². The maximum atomic E-state index is 6.69. The zero-order chi connectivity index (χ0) is 24.3. The third-order valence-corrected chi connectivity index (χ3v) is 7.66. The van der Waals surface area contributed by atoms with E-state index in [-0.39, 0.29) is 0 Å². The van der Waals surface area contributed by atoms with Gasteiger partial charge in [0.25, 0.3) is 0 Å². The van der Waals surface area contributed by atoms with Crippen molar-refractivity contribution in [2.75, 3.05) is 0 Å². The molecule has 0 spiro atoms. The largest absolute Gasteiger partial charge is 0.455 e. The molecule has 0 aliphatic rings. The van der Waals surface area contributed by atoms with Crippen LogP contribution in [0.5, 0.6) is 0 Å².